The van der Waals surface area contributed by atoms with Crippen LogP contribution in [-0.4, -0.2) is 0 Å². The number of hydrogen-bond donors (Lipinski definition) is 0. The van der Waals surface area contributed by atoms with Crippen molar-refractivity contribution in [1.29, 1.82) is 21.0 Å². The molecule has 0 aliphatic carbocycles. The molecule has 0 heterocycles. The lowest BCUT2D eigenvalue weighted by Crippen LogP contribution is -1.86. The van der Waals surface area contributed by atoms with E-state index >= 15 is 0 Å². The summed E-state index contributed by atoms with van der Waals surface area (Å²) in [5, 5.41) is 35.8. The smallest absolute Gasteiger partial charge is 0.101 e. The fourth-order valence-electron chi connectivity index (χ4n) is 1.69. The van der Waals surface area contributed by atoms with E-state index in [1.165, 1.54) is 11.8 Å². The predicted molar refractivity (Wildman–Crippen MR) is 75.9 cm³/mol. The Morgan fingerprint density at radius 3 is 1.29 bits per heavy atom. The molecule has 0 aliphatic rings. The Hall–Kier alpha value is -3.25. The van der Waals surface area contributed by atoms with Crippen molar-refractivity contribution in [3.63, 3.8) is 0 Å². The molecule has 4 nitrogen and oxygen atoms in total. The van der Waals surface area contributed by atoms with Gasteiger partial charge in [-0.1, -0.05) is 11.8 Å². The van der Waals surface area contributed by atoms with Crippen LogP contribution in [0, 0.1) is 45.3 Å². The molecular weight excluding hydrogens is 280 g/mol. The number of rotatable bonds is 2. The molecule has 2 rings (SSSR count). The van der Waals surface area contributed by atoms with Gasteiger partial charge in [-0.25, -0.2) is 0 Å². The zero-order valence-corrected chi connectivity index (χ0v) is 11.5. The van der Waals surface area contributed by atoms with Crippen LogP contribution in [0.2, 0.25) is 0 Å². The van der Waals surface area contributed by atoms with E-state index in [1.807, 2.05) is 24.3 Å². The van der Waals surface area contributed by atoms with Gasteiger partial charge in [0.2, 0.25) is 0 Å². The summed E-state index contributed by atoms with van der Waals surface area (Å²) < 4.78 is 0. The average molecular weight is 286 g/mol. The molecule has 0 fully saturated rings. The van der Waals surface area contributed by atoms with Gasteiger partial charge in [0, 0.05) is 9.79 Å². The van der Waals surface area contributed by atoms with E-state index in [9.17, 15) is 0 Å². The SMILES string of the molecule is N#Cc1ccc(Sc2ccc(C#N)c(C#N)c2)cc1C#N. The molecule has 2 aromatic rings. The molecule has 5 heteroatoms. The van der Waals surface area contributed by atoms with Crippen molar-refractivity contribution in [2.45, 2.75) is 9.79 Å². The second kappa shape index (κ2) is 6.27. The van der Waals surface area contributed by atoms with Gasteiger partial charge < -0.3 is 0 Å². The van der Waals surface area contributed by atoms with Gasteiger partial charge in [0.15, 0.2) is 0 Å². The monoisotopic (exact) mass is 286 g/mol. The number of nitriles is 4. The second-order valence-electron chi connectivity index (χ2n) is 3.96. The summed E-state index contributed by atoms with van der Waals surface area (Å²) in [4.78, 5) is 1.58. The topological polar surface area (TPSA) is 95.2 Å². The highest BCUT2D eigenvalue weighted by molar-refractivity contribution is 7.99. The quantitative estimate of drug-likeness (QED) is 0.843. The predicted octanol–water partition coefficient (Wildman–Crippen LogP) is 3.32. The van der Waals surface area contributed by atoms with Gasteiger partial charge in [-0.2, -0.15) is 21.0 Å². The van der Waals surface area contributed by atoms with Crippen molar-refractivity contribution in [1.82, 2.24) is 0 Å². The highest BCUT2D eigenvalue weighted by Crippen LogP contribution is 2.30. The molecular formula is C16H6N4S. The van der Waals surface area contributed by atoms with Gasteiger partial charge in [0.05, 0.1) is 22.3 Å². The minimum atomic E-state index is 0.316. The lowest BCUT2D eigenvalue weighted by atomic mass is 10.1. The molecule has 0 aromatic heterocycles. The fourth-order valence-corrected chi connectivity index (χ4v) is 2.59. The van der Waals surface area contributed by atoms with Crippen molar-refractivity contribution in [3.8, 4) is 24.3 Å². The number of benzene rings is 2. The van der Waals surface area contributed by atoms with Gasteiger partial charge in [-0.05, 0) is 36.4 Å². The lowest BCUT2D eigenvalue weighted by Gasteiger charge is -2.04. The van der Waals surface area contributed by atoms with Crippen LogP contribution >= 0.6 is 11.8 Å². The molecule has 2 aromatic carbocycles. The molecule has 0 atom stereocenters. The molecule has 0 saturated heterocycles. The van der Waals surface area contributed by atoms with E-state index in [-0.39, 0.29) is 0 Å². The summed E-state index contributed by atoms with van der Waals surface area (Å²) in [6.45, 7) is 0. The largest absolute Gasteiger partial charge is 0.192 e. The van der Waals surface area contributed by atoms with E-state index in [0.29, 0.717) is 22.3 Å². The first-order valence-electron chi connectivity index (χ1n) is 5.78. The van der Waals surface area contributed by atoms with Crippen LogP contribution in [0.25, 0.3) is 0 Å². The maximum absolute atomic E-state index is 9.00. The standard InChI is InChI=1S/C16H6N4S/c17-7-11-1-3-15(5-13(11)9-19)21-16-4-2-12(8-18)14(6-16)10-20/h1-6H. The zero-order valence-electron chi connectivity index (χ0n) is 10.7. The Morgan fingerprint density at radius 1 is 0.571 bits per heavy atom. The maximum atomic E-state index is 9.00. The Labute approximate surface area is 126 Å². The van der Waals surface area contributed by atoms with E-state index in [1.54, 1.807) is 36.4 Å². The Bertz CT molecular complexity index is 800. The number of hydrogen-bond acceptors (Lipinski definition) is 5. The lowest BCUT2D eigenvalue weighted by molar-refractivity contribution is 1.33. The summed E-state index contributed by atoms with van der Waals surface area (Å²) in [6.07, 6.45) is 0. The first kappa shape index (κ1) is 14.2. The summed E-state index contributed by atoms with van der Waals surface area (Å²) in [5.41, 5.74) is 1.30. The molecule has 96 valence electrons. The summed E-state index contributed by atoms with van der Waals surface area (Å²) >= 11 is 1.36. The summed E-state index contributed by atoms with van der Waals surface area (Å²) in [5.74, 6) is 0. The van der Waals surface area contributed by atoms with Crippen molar-refractivity contribution < 1.29 is 0 Å². The van der Waals surface area contributed by atoms with E-state index in [2.05, 4.69) is 0 Å². The first-order valence-corrected chi connectivity index (χ1v) is 6.60. The first-order chi connectivity index (χ1) is 10.2. The van der Waals surface area contributed by atoms with E-state index in [0.717, 1.165) is 9.79 Å². The van der Waals surface area contributed by atoms with Crippen LogP contribution in [-0.2, 0) is 0 Å². The zero-order chi connectivity index (χ0) is 15.2. The molecule has 0 spiro atoms. The van der Waals surface area contributed by atoms with E-state index < -0.39 is 0 Å². The van der Waals surface area contributed by atoms with Crippen molar-refractivity contribution in [2.24, 2.45) is 0 Å². The minimum absolute atomic E-state index is 0.316. The fraction of sp³-hybridized carbons (Fsp3) is 0. The Kier molecular flexibility index (Phi) is 4.23. The Morgan fingerprint density at radius 2 is 0.952 bits per heavy atom. The highest BCUT2D eigenvalue weighted by Gasteiger charge is 2.07. The van der Waals surface area contributed by atoms with Crippen LogP contribution in [0.3, 0.4) is 0 Å². The van der Waals surface area contributed by atoms with Crippen LogP contribution < -0.4 is 0 Å². The summed E-state index contributed by atoms with van der Waals surface area (Å²) in [6, 6.07) is 17.8. The number of nitrogens with zero attached hydrogens (tertiary/aromatic N) is 4. The van der Waals surface area contributed by atoms with Crippen LogP contribution in [0.15, 0.2) is 46.2 Å². The van der Waals surface area contributed by atoms with Crippen molar-refractivity contribution in [2.75, 3.05) is 0 Å². The van der Waals surface area contributed by atoms with Crippen molar-refractivity contribution >= 4 is 11.8 Å². The maximum Gasteiger partial charge on any atom is 0.101 e. The molecule has 0 saturated carbocycles. The molecule has 0 unspecified atom stereocenters. The van der Waals surface area contributed by atoms with Gasteiger partial charge >= 0.3 is 0 Å². The summed E-state index contributed by atoms with van der Waals surface area (Å²) in [7, 11) is 0. The highest BCUT2D eigenvalue weighted by atomic mass is 32.2. The van der Waals surface area contributed by atoms with Gasteiger partial charge in [-0.15, -0.1) is 0 Å². The third kappa shape index (κ3) is 3.02. The van der Waals surface area contributed by atoms with Crippen LogP contribution in [0.5, 0.6) is 0 Å². The normalized spacial score (nSPS) is 8.95. The third-order valence-corrected chi connectivity index (χ3v) is 3.68. The second-order valence-corrected chi connectivity index (χ2v) is 5.11. The molecule has 0 N–H and O–H groups in total. The van der Waals surface area contributed by atoms with Gasteiger partial charge in [-0.3, -0.25) is 0 Å². The van der Waals surface area contributed by atoms with Gasteiger partial charge in [0.25, 0.3) is 0 Å². The third-order valence-electron chi connectivity index (χ3n) is 2.70. The molecule has 0 bridgehead atoms. The molecule has 21 heavy (non-hydrogen) atoms. The van der Waals surface area contributed by atoms with Gasteiger partial charge in [0.1, 0.15) is 24.3 Å². The molecule has 0 amide bonds. The molecule has 0 radical (unpaired) electrons. The van der Waals surface area contributed by atoms with Crippen LogP contribution in [0.1, 0.15) is 22.3 Å². The minimum Gasteiger partial charge on any atom is -0.192 e. The van der Waals surface area contributed by atoms with Crippen molar-refractivity contribution in [3.05, 3.63) is 58.7 Å². The van der Waals surface area contributed by atoms with E-state index in [4.69, 9.17) is 21.0 Å². The average Bonchev–Trinajstić information content (AvgIpc) is 2.54. The van der Waals surface area contributed by atoms with Crippen LogP contribution in [0.4, 0.5) is 0 Å². The Balaban J connectivity index is 2.36. The molecule has 0 aliphatic heterocycles.